The topological polar surface area (TPSA) is 44.1 Å². The predicted molar refractivity (Wildman–Crippen MR) is 132 cm³/mol. The number of aromatic nitrogens is 2. The lowest BCUT2D eigenvalue weighted by molar-refractivity contribution is 0.0693. The Morgan fingerprint density at radius 2 is 1.48 bits per heavy atom. The molecule has 4 rings (SSSR count). The zero-order chi connectivity index (χ0) is 22.0. The van der Waals surface area contributed by atoms with Gasteiger partial charge >= 0.3 is 5.97 Å². The number of fused-ring (bicyclic) bond motifs is 1. The predicted octanol–water partition coefficient (Wildman–Crippen LogP) is 7.50. The summed E-state index contributed by atoms with van der Waals surface area (Å²) >= 11 is 6.85. The van der Waals surface area contributed by atoms with Gasteiger partial charge in [-0.3, -0.25) is 0 Å². The van der Waals surface area contributed by atoms with Crippen LogP contribution >= 0.6 is 31.9 Å². The maximum Gasteiger partial charge on any atom is 0.343 e. The van der Waals surface area contributed by atoms with Crippen molar-refractivity contribution in [3.05, 3.63) is 98.7 Å². The molecule has 0 radical (unpaired) electrons. The van der Waals surface area contributed by atoms with Gasteiger partial charge in [0.15, 0.2) is 0 Å². The summed E-state index contributed by atoms with van der Waals surface area (Å²) in [5, 5.41) is 0. The lowest BCUT2D eigenvalue weighted by Crippen LogP contribution is -2.07. The fourth-order valence-corrected chi connectivity index (χ4v) is 3.88. The molecule has 0 aliphatic rings. The maximum absolute atomic E-state index is 12.9. The number of esters is 1. The van der Waals surface area contributed by atoms with Crippen LogP contribution in [0.15, 0.2) is 81.7 Å². The monoisotopic (exact) mass is 538 g/mol. The minimum atomic E-state index is -0.422. The summed E-state index contributed by atoms with van der Waals surface area (Å²) in [7, 11) is 0. The minimum Gasteiger partial charge on any atom is -0.422 e. The van der Waals surface area contributed by atoms with E-state index in [1.165, 1.54) is 0 Å². The van der Waals surface area contributed by atoms with Gasteiger partial charge in [0.1, 0.15) is 11.6 Å². The van der Waals surface area contributed by atoms with Gasteiger partial charge in [0.25, 0.3) is 0 Å². The fourth-order valence-electron chi connectivity index (χ4n) is 3.36. The average molecular weight is 540 g/mol. The third kappa shape index (κ3) is 4.81. The lowest BCUT2D eigenvalue weighted by atomic mass is 10.1. The third-order valence-corrected chi connectivity index (χ3v) is 5.87. The third-order valence-electron chi connectivity index (χ3n) is 4.81. The highest BCUT2D eigenvalue weighted by atomic mass is 79.9. The van der Waals surface area contributed by atoms with E-state index in [0.717, 1.165) is 31.4 Å². The normalized spacial score (nSPS) is 11.8. The van der Waals surface area contributed by atoms with Crippen LogP contribution in [0.4, 0.5) is 0 Å². The molecule has 0 saturated heterocycles. The van der Waals surface area contributed by atoms with E-state index in [0.29, 0.717) is 11.3 Å². The molecular weight excluding hydrogens is 520 g/mol. The molecule has 31 heavy (non-hydrogen) atoms. The number of hydrogen-bond acceptors (Lipinski definition) is 3. The van der Waals surface area contributed by atoms with Gasteiger partial charge in [-0.2, -0.15) is 0 Å². The van der Waals surface area contributed by atoms with Gasteiger partial charge in [0, 0.05) is 26.6 Å². The Labute approximate surface area is 197 Å². The standard InChI is InChI=1S/C25H20Br2N2O2/c1-16(2)29-22-6-4-3-5-21(22)28-24(29)15-23(17-7-11-19(26)12-8-17)31-25(30)18-9-13-20(27)14-10-18/h3-16H,1-2H3/b23-15+. The fraction of sp³-hybridized carbons (Fsp3) is 0.120. The zero-order valence-electron chi connectivity index (χ0n) is 17.0. The van der Waals surface area contributed by atoms with Gasteiger partial charge < -0.3 is 9.30 Å². The van der Waals surface area contributed by atoms with E-state index >= 15 is 0 Å². The smallest absolute Gasteiger partial charge is 0.343 e. The first kappa shape index (κ1) is 21.5. The Morgan fingerprint density at radius 1 is 0.903 bits per heavy atom. The molecule has 1 heterocycles. The first-order valence-corrected chi connectivity index (χ1v) is 11.4. The Bertz CT molecular complexity index is 1260. The molecule has 0 fully saturated rings. The molecule has 0 unspecified atom stereocenters. The van der Waals surface area contributed by atoms with Gasteiger partial charge in [-0.25, -0.2) is 9.78 Å². The van der Waals surface area contributed by atoms with E-state index < -0.39 is 5.97 Å². The second-order valence-electron chi connectivity index (χ2n) is 7.33. The summed E-state index contributed by atoms with van der Waals surface area (Å²) in [6, 6.07) is 22.9. The molecule has 0 N–H and O–H groups in total. The van der Waals surface area contributed by atoms with E-state index in [1.807, 2.05) is 66.7 Å². The van der Waals surface area contributed by atoms with Crippen LogP contribution in [-0.2, 0) is 4.74 Å². The first-order valence-electron chi connectivity index (χ1n) is 9.85. The minimum absolute atomic E-state index is 0.187. The Hall–Kier alpha value is -2.70. The Balaban J connectivity index is 1.81. The van der Waals surface area contributed by atoms with Crippen molar-refractivity contribution in [3.63, 3.8) is 0 Å². The van der Waals surface area contributed by atoms with E-state index in [1.54, 1.807) is 12.1 Å². The highest BCUT2D eigenvalue weighted by Crippen LogP contribution is 2.27. The molecule has 0 atom stereocenters. The molecule has 0 saturated carbocycles. The molecule has 0 amide bonds. The molecule has 0 spiro atoms. The van der Waals surface area contributed by atoms with Gasteiger partial charge in [-0.15, -0.1) is 0 Å². The van der Waals surface area contributed by atoms with Crippen LogP contribution in [-0.4, -0.2) is 15.5 Å². The van der Waals surface area contributed by atoms with Crippen molar-refractivity contribution in [1.82, 2.24) is 9.55 Å². The van der Waals surface area contributed by atoms with Crippen LogP contribution in [0.5, 0.6) is 0 Å². The summed E-state index contributed by atoms with van der Waals surface area (Å²) in [5.41, 5.74) is 3.20. The van der Waals surface area contributed by atoms with Crippen molar-refractivity contribution in [2.75, 3.05) is 0 Å². The number of para-hydroxylation sites is 2. The second kappa shape index (κ2) is 9.20. The molecule has 4 nitrogen and oxygen atoms in total. The van der Waals surface area contributed by atoms with Gasteiger partial charge in [0.05, 0.1) is 16.6 Å². The molecule has 6 heteroatoms. The van der Waals surface area contributed by atoms with Crippen molar-refractivity contribution in [3.8, 4) is 0 Å². The molecular formula is C25H20Br2N2O2. The molecule has 4 aromatic rings. The first-order chi connectivity index (χ1) is 14.9. The number of hydrogen-bond donors (Lipinski definition) is 0. The number of benzene rings is 3. The number of carbonyl (C=O) groups excluding carboxylic acids is 1. The Morgan fingerprint density at radius 3 is 2.10 bits per heavy atom. The summed E-state index contributed by atoms with van der Waals surface area (Å²) < 4.78 is 9.87. The summed E-state index contributed by atoms with van der Waals surface area (Å²) in [4.78, 5) is 17.7. The quantitative estimate of drug-likeness (QED) is 0.195. The number of rotatable bonds is 5. The van der Waals surface area contributed by atoms with Crippen LogP contribution < -0.4 is 0 Å². The summed E-state index contributed by atoms with van der Waals surface area (Å²) in [5.74, 6) is 0.754. The van der Waals surface area contributed by atoms with Crippen molar-refractivity contribution < 1.29 is 9.53 Å². The number of nitrogens with zero attached hydrogens (tertiary/aromatic N) is 2. The van der Waals surface area contributed by atoms with E-state index in [9.17, 15) is 4.79 Å². The van der Waals surface area contributed by atoms with Gasteiger partial charge in [0.2, 0.25) is 0 Å². The van der Waals surface area contributed by atoms with Gasteiger partial charge in [-0.05, 0) is 62.4 Å². The summed E-state index contributed by atoms with van der Waals surface area (Å²) in [6.07, 6.45) is 1.83. The number of carbonyl (C=O) groups is 1. The van der Waals surface area contributed by atoms with Crippen LogP contribution in [0.25, 0.3) is 22.9 Å². The lowest BCUT2D eigenvalue weighted by Gasteiger charge is -2.13. The summed E-state index contributed by atoms with van der Waals surface area (Å²) in [6.45, 7) is 4.22. The molecule has 0 bridgehead atoms. The number of halogens is 2. The Kier molecular flexibility index (Phi) is 6.39. The van der Waals surface area contributed by atoms with Crippen molar-refractivity contribution in [1.29, 1.82) is 0 Å². The van der Waals surface area contributed by atoms with E-state index in [2.05, 4.69) is 50.3 Å². The zero-order valence-corrected chi connectivity index (χ0v) is 20.2. The SMILES string of the molecule is CC(C)n1c(/C=C(/OC(=O)c2ccc(Br)cc2)c2ccc(Br)cc2)nc2ccccc21. The van der Waals surface area contributed by atoms with Crippen LogP contribution in [0.1, 0.15) is 41.6 Å². The van der Waals surface area contributed by atoms with Crippen LogP contribution in [0.3, 0.4) is 0 Å². The highest BCUT2D eigenvalue weighted by Gasteiger charge is 2.16. The van der Waals surface area contributed by atoms with Crippen molar-refractivity contribution in [2.24, 2.45) is 0 Å². The second-order valence-corrected chi connectivity index (χ2v) is 9.17. The molecule has 0 aliphatic carbocycles. The van der Waals surface area contributed by atoms with Crippen LogP contribution in [0, 0.1) is 0 Å². The van der Waals surface area contributed by atoms with Crippen LogP contribution in [0.2, 0.25) is 0 Å². The highest BCUT2D eigenvalue weighted by molar-refractivity contribution is 9.10. The number of ether oxygens (including phenoxy) is 1. The van der Waals surface area contributed by atoms with E-state index in [-0.39, 0.29) is 6.04 Å². The van der Waals surface area contributed by atoms with E-state index in [4.69, 9.17) is 9.72 Å². The maximum atomic E-state index is 12.9. The number of imidazole rings is 1. The average Bonchev–Trinajstić information content (AvgIpc) is 3.12. The molecule has 156 valence electrons. The van der Waals surface area contributed by atoms with Gasteiger partial charge in [-0.1, -0.05) is 56.1 Å². The largest absolute Gasteiger partial charge is 0.422 e. The molecule has 0 aliphatic heterocycles. The van der Waals surface area contributed by atoms with Crippen molar-refractivity contribution in [2.45, 2.75) is 19.9 Å². The molecule has 1 aromatic heterocycles. The molecule has 3 aromatic carbocycles. The van der Waals surface area contributed by atoms with Crippen molar-refractivity contribution >= 4 is 60.7 Å².